The minimum atomic E-state index is -0.992. The Morgan fingerprint density at radius 1 is 1.38 bits per heavy atom. The lowest BCUT2D eigenvalue weighted by atomic mass is 10.2. The Hall–Kier alpha value is -1.62. The summed E-state index contributed by atoms with van der Waals surface area (Å²) in [5.41, 5.74) is -0.348. The maximum Gasteiger partial charge on any atom is 0.343 e. The van der Waals surface area contributed by atoms with Crippen molar-refractivity contribution in [2.24, 2.45) is 0 Å². The molecule has 0 aromatic heterocycles. The van der Waals surface area contributed by atoms with Gasteiger partial charge < -0.3 is 10.1 Å². The van der Waals surface area contributed by atoms with E-state index in [0.29, 0.717) is 0 Å². The first-order chi connectivity index (χ1) is 9.99. The molecule has 1 saturated carbocycles. The van der Waals surface area contributed by atoms with Gasteiger partial charge in [-0.25, -0.2) is 9.18 Å². The van der Waals surface area contributed by atoms with Gasteiger partial charge in [-0.1, -0.05) is 30.5 Å². The quantitative estimate of drug-likeness (QED) is 0.869. The molecule has 0 heterocycles. The van der Waals surface area contributed by atoms with Crippen molar-refractivity contribution >= 4 is 23.5 Å². The zero-order chi connectivity index (χ0) is 15.4. The second-order valence-electron chi connectivity index (χ2n) is 5.13. The third-order valence-corrected chi connectivity index (χ3v) is 3.84. The molecule has 1 atom stereocenters. The highest BCUT2D eigenvalue weighted by atomic mass is 35.5. The topological polar surface area (TPSA) is 55.4 Å². The van der Waals surface area contributed by atoms with Crippen LogP contribution >= 0.6 is 11.6 Å². The van der Waals surface area contributed by atoms with Gasteiger partial charge in [0.1, 0.15) is 11.4 Å². The molecule has 0 bridgehead atoms. The van der Waals surface area contributed by atoms with Gasteiger partial charge in [0.2, 0.25) is 0 Å². The minimum absolute atomic E-state index is 0.0385. The van der Waals surface area contributed by atoms with Gasteiger partial charge in [0, 0.05) is 6.04 Å². The van der Waals surface area contributed by atoms with Crippen LogP contribution in [-0.4, -0.2) is 24.0 Å². The van der Waals surface area contributed by atoms with Crippen LogP contribution < -0.4 is 5.32 Å². The molecule has 114 valence electrons. The molecule has 0 radical (unpaired) electrons. The van der Waals surface area contributed by atoms with Gasteiger partial charge in [0.15, 0.2) is 6.10 Å². The van der Waals surface area contributed by atoms with Gasteiger partial charge >= 0.3 is 5.97 Å². The summed E-state index contributed by atoms with van der Waals surface area (Å²) in [6.45, 7) is 1.46. The van der Waals surface area contributed by atoms with Crippen LogP contribution in [0.3, 0.4) is 0 Å². The number of carbonyl (C=O) groups excluding carboxylic acids is 2. The number of esters is 1. The second kappa shape index (κ2) is 6.89. The molecule has 1 aromatic carbocycles. The first-order valence-corrected chi connectivity index (χ1v) is 7.32. The van der Waals surface area contributed by atoms with E-state index in [2.05, 4.69) is 5.32 Å². The maximum atomic E-state index is 13.6. The van der Waals surface area contributed by atoms with Crippen molar-refractivity contribution in [3.8, 4) is 0 Å². The smallest absolute Gasteiger partial charge is 0.343 e. The van der Waals surface area contributed by atoms with Crippen molar-refractivity contribution in [1.82, 2.24) is 5.32 Å². The van der Waals surface area contributed by atoms with Crippen LogP contribution in [0.15, 0.2) is 18.2 Å². The molecule has 1 fully saturated rings. The van der Waals surface area contributed by atoms with Gasteiger partial charge in [-0.15, -0.1) is 0 Å². The molecule has 1 aliphatic carbocycles. The van der Waals surface area contributed by atoms with Gasteiger partial charge in [-0.05, 0) is 31.9 Å². The summed E-state index contributed by atoms with van der Waals surface area (Å²) in [7, 11) is 0. The van der Waals surface area contributed by atoms with Crippen LogP contribution in [0, 0.1) is 5.82 Å². The fraction of sp³-hybridized carbons (Fsp3) is 0.467. The normalized spacial score (nSPS) is 16.5. The van der Waals surface area contributed by atoms with E-state index in [0.717, 1.165) is 31.7 Å². The predicted molar refractivity (Wildman–Crippen MR) is 76.7 cm³/mol. The molecule has 0 spiro atoms. The van der Waals surface area contributed by atoms with E-state index in [-0.39, 0.29) is 22.5 Å². The number of ether oxygens (including phenoxy) is 1. The number of carbonyl (C=O) groups is 2. The zero-order valence-corrected chi connectivity index (χ0v) is 12.5. The lowest BCUT2D eigenvalue weighted by Crippen LogP contribution is -2.41. The molecule has 4 nitrogen and oxygen atoms in total. The lowest BCUT2D eigenvalue weighted by Gasteiger charge is -2.17. The minimum Gasteiger partial charge on any atom is -0.449 e. The lowest BCUT2D eigenvalue weighted by molar-refractivity contribution is -0.129. The first kappa shape index (κ1) is 15.8. The van der Waals surface area contributed by atoms with E-state index in [1.54, 1.807) is 0 Å². The highest BCUT2D eigenvalue weighted by molar-refractivity contribution is 6.33. The maximum absolute atomic E-state index is 13.6. The molecule has 1 N–H and O–H groups in total. The molecule has 2 rings (SSSR count). The van der Waals surface area contributed by atoms with E-state index in [9.17, 15) is 14.0 Å². The van der Waals surface area contributed by atoms with Crippen molar-refractivity contribution in [3.63, 3.8) is 0 Å². The summed E-state index contributed by atoms with van der Waals surface area (Å²) < 4.78 is 18.6. The van der Waals surface area contributed by atoms with E-state index in [4.69, 9.17) is 16.3 Å². The number of rotatable bonds is 4. The third kappa shape index (κ3) is 3.94. The Kier molecular flexibility index (Phi) is 5.17. The van der Waals surface area contributed by atoms with Crippen molar-refractivity contribution in [1.29, 1.82) is 0 Å². The number of hydrogen-bond acceptors (Lipinski definition) is 3. The average Bonchev–Trinajstić information content (AvgIpc) is 2.91. The molecule has 1 aromatic rings. The summed E-state index contributed by atoms with van der Waals surface area (Å²) in [5.74, 6) is -2.08. The van der Waals surface area contributed by atoms with E-state index >= 15 is 0 Å². The molecule has 0 aliphatic heterocycles. The van der Waals surface area contributed by atoms with Crippen molar-refractivity contribution < 1.29 is 18.7 Å². The standard InChI is InChI=1S/C15H17ClFNO3/c1-9(14(19)18-10-5-2-3-6-10)21-15(20)13-11(16)7-4-8-12(13)17/h4,7-10H,2-3,5-6H2,1H3,(H,18,19)/t9-/m1/s1. The fourth-order valence-electron chi connectivity index (χ4n) is 2.35. The molecule has 21 heavy (non-hydrogen) atoms. The second-order valence-corrected chi connectivity index (χ2v) is 5.54. The van der Waals surface area contributed by atoms with Gasteiger partial charge in [-0.2, -0.15) is 0 Å². The van der Waals surface area contributed by atoms with E-state index in [1.165, 1.54) is 19.1 Å². The van der Waals surface area contributed by atoms with E-state index < -0.39 is 17.9 Å². The molecule has 1 aliphatic rings. The van der Waals surface area contributed by atoms with Crippen LogP contribution in [-0.2, 0) is 9.53 Å². The van der Waals surface area contributed by atoms with Crippen molar-refractivity contribution in [2.45, 2.75) is 44.8 Å². The van der Waals surface area contributed by atoms with Crippen molar-refractivity contribution in [3.05, 3.63) is 34.6 Å². The Labute approximate surface area is 127 Å². The third-order valence-electron chi connectivity index (χ3n) is 3.52. The summed E-state index contributed by atoms with van der Waals surface area (Å²) in [5, 5.41) is 2.78. The highest BCUT2D eigenvalue weighted by Crippen LogP contribution is 2.21. The largest absolute Gasteiger partial charge is 0.449 e. The SMILES string of the molecule is C[C@@H](OC(=O)c1c(F)cccc1Cl)C(=O)NC1CCCC1. The fourth-order valence-corrected chi connectivity index (χ4v) is 2.59. The summed E-state index contributed by atoms with van der Waals surface area (Å²) in [6.07, 6.45) is 3.05. The summed E-state index contributed by atoms with van der Waals surface area (Å²) >= 11 is 5.78. The molecule has 6 heteroatoms. The number of hydrogen-bond donors (Lipinski definition) is 1. The predicted octanol–water partition coefficient (Wildman–Crippen LogP) is 3.08. The summed E-state index contributed by atoms with van der Waals surface area (Å²) in [6, 6.07) is 4.04. The van der Waals surface area contributed by atoms with E-state index in [1.807, 2.05) is 0 Å². The monoisotopic (exact) mass is 313 g/mol. The Morgan fingerprint density at radius 2 is 2.05 bits per heavy atom. The number of nitrogens with one attached hydrogen (secondary N) is 1. The number of benzene rings is 1. The van der Waals surface area contributed by atoms with Crippen molar-refractivity contribution in [2.75, 3.05) is 0 Å². The Morgan fingerprint density at radius 3 is 2.67 bits per heavy atom. The van der Waals surface area contributed by atoms with Gasteiger partial charge in [0.25, 0.3) is 5.91 Å². The van der Waals surface area contributed by atoms with Crippen LogP contribution in [0.2, 0.25) is 5.02 Å². The van der Waals surface area contributed by atoms with Crippen LogP contribution in [0.25, 0.3) is 0 Å². The number of halogens is 2. The van der Waals surface area contributed by atoms with Gasteiger partial charge in [0.05, 0.1) is 5.02 Å². The Bertz CT molecular complexity index is 523. The van der Waals surface area contributed by atoms with Gasteiger partial charge in [-0.3, -0.25) is 4.79 Å². The van der Waals surface area contributed by atoms with Crippen LogP contribution in [0.4, 0.5) is 4.39 Å². The molecular formula is C15H17ClFNO3. The molecule has 1 amide bonds. The Balaban J connectivity index is 1.96. The first-order valence-electron chi connectivity index (χ1n) is 6.94. The average molecular weight is 314 g/mol. The zero-order valence-electron chi connectivity index (χ0n) is 11.7. The van der Waals surface area contributed by atoms with Crippen LogP contribution in [0.1, 0.15) is 43.0 Å². The molecular weight excluding hydrogens is 297 g/mol. The highest BCUT2D eigenvalue weighted by Gasteiger charge is 2.25. The molecule has 0 unspecified atom stereocenters. The summed E-state index contributed by atoms with van der Waals surface area (Å²) in [4.78, 5) is 23.8. The molecule has 0 saturated heterocycles. The number of amides is 1. The van der Waals surface area contributed by atoms with Crippen LogP contribution in [0.5, 0.6) is 0 Å².